The number of rotatable bonds is 5. The van der Waals surface area contributed by atoms with Gasteiger partial charge in [-0.3, -0.25) is 5.10 Å². The second kappa shape index (κ2) is 7.97. The van der Waals surface area contributed by atoms with Crippen molar-refractivity contribution >= 4 is 40.2 Å². The third kappa shape index (κ3) is 3.84. The van der Waals surface area contributed by atoms with E-state index in [9.17, 15) is 0 Å². The second-order valence-corrected chi connectivity index (χ2v) is 8.08. The van der Waals surface area contributed by atoms with Crippen molar-refractivity contribution in [3.63, 3.8) is 0 Å². The number of nitrogens with zero attached hydrogens (tertiary/aromatic N) is 7. The predicted molar refractivity (Wildman–Crippen MR) is 118 cm³/mol. The normalized spacial score (nSPS) is 16.2. The third-order valence-corrected chi connectivity index (χ3v) is 5.36. The molecule has 4 aromatic heterocycles. The maximum absolute atomic E-state index is 5.65. The van der Waals surface area contributed by atoms with Crippen molar-refractivity contribution in [2.75, 3.05) is 16.8 Å². The Kier molecular flexibility index (Phi) is 5.02. The van der Waals surface area contributed by atoms with E-state index in [-0.39, 0.29) is 6.04 Å². The maximum Gasteiger partial charge on any atom is 0.228 e. The third-order valence-electron chi connectivity index (χ3n) is 4.81. The van der Waals surface area contributed by atoms with Crippen molar-refractivity contribution in [1.29, 1.82) is 0 Å². The molecule has 1 aliphatic heterocycles. The number of nitrogens with one attached hydrogen (secondary N) is 2. The molecule has 0 saturated carbocycles. The van der Waals surface area contributed by atoms with Crippen molar-refractivity contribution in [2.45, 2.75) is 25.8 Å². The molecule has 0 bridgehead atoms. The van der Waals surface area contributed by atoms with Gasteiger partial charge in [0.15, 0.2) is 23.1 Å². The van der Waals surface area contributed by atoms with Crippen LogP contribution in [0.3, 0.4) is 0 Å². The maximum atomic E-state index is 5.65. The van der Waals surface area contributed by atoms with E-state index in [2.05, 4.69) is 63.1 Å². The Morgan fingerprint density at radius 1 is 1.17 bits per heavy atom. The number of H-pyrrole nitrogens is 1. The zero-order chi connectivity index (χ0) is 20.5. The fourth-order valence-corrected chi connectivity index (χ4v) is 4.01. The Bertz CT molecular complexity index is 1160. The zero-order valence-electron chi connectivity index (χ0n) is 16.1. The van der Waals surface area contributed by atoms with Crippen molar-refractivity contribution in [2.24, 2.45) is 0 Å². The summed E-state index contributed by atoms with van der Waals surface area (Å²) < 4.78 is 6.50. The number of anilines is 3. The van der Waals surface area contributed by atoms with Crippen molar-refractivity contribution in [3.05, 3.63) is 51.8 Å². The summed E-state index contributed by atoms with van der Waals surface area (Å²) in [6.07, 6.45) is 5.32. The molecule has 30 heavy (non-hydrogen) atoms. The summed E-state index contributed by atoms with van der Waals surface area (Å²) >= 11 is 2.20. The number of hydrogen-bond donors (Lipinski definition) is 2. The van der Waals surface area contributed by atoms with Crippen LogP contribution in [0.25, 0.3) is 11.5 Å². The van der Waals surface area contributed by atoms with Gasteiger partial charge in [0.2, 0.25) is 5.95 Å². The molecule has 1 unspecified atom stereocenters. The first-order valence-corrected chi connectivity index (χ1v) is 10.6. The number of halogens is 1. The highest BCUT2D eigenvalue weighted by Crippen LogP contribution is 2.36. The second-order valence-electron chi connectivity index (χ2n) is 6.98. The molecule has 5 rings (SSSR count). The topological polar surface area (TPSA) is 122 Å². The Morgan fingerprint density at radius 3 is 2.83 bits per heavy atom. The lowest BCUT2D eigenvalue weighted by atomic mass is 10.1. The first-order valence-electron chi connectivity index (χ1n) is 9.50. The van der Waals surface area contributed by atoms with Crippen LogP contribution in [0.4, 0.5) is 17.6 Å². The Balaban J connectivity index is 1.42. The van der Waals surface area contributed by atoms with Gasteiger partial charge in [-0.2, -0.15) is 10.1 Å². The van der Waals surface area contributed by atoms with Crippen LogP contribution in [-0.4, -0.2) is 41.8 Å². The molecule has 0 aliphatic carbocycles. The van der Waals surface area contributed by atoms with E-state index in [0.717, 1.165) is 34.5 Å². The first kappa shape index (κ1) is 18.9. The average molecular weight is 515 g/mol. The predicted octanol–water partition coefficient (Wildman–Crippen LogP) is 3.64. The molecule has 0 radical (unpaired) electrons. The smallest absolute Gasteiger partial charge is 0.228 e. The van der Waals surface area contributed by atoms with Gasteiger partial charge in [-0.05, 0) is 48.4 Å². The molecule has 2 N–H and O–H groups in total. The molecule has 11 heteroatoms. The SMILES string of the molecule is Cc1cc(Nc2cc(I)nc(N3CCCC3c3cc(-c4ncccn4)no3)n2)n[nH]1. The molecule has 0 spiro atoms. The Hall–Kier alpha value is -3.09. The van der Waals surface area contributed by atoms with Crippen molar-refractivity contribution in [1.82, 2.24) is 35.3 Å². The molecule has 4 aromatic rings. The van der Waals surface area contributed by atoms with Crippen LogP contribution in [0, 0.1) is 10.6 Å². The molecule has 1 aliphatic rings. The highest BCUT2D eigenvalue weighted by molar-refractivity contribution is 14.1. The highest BCUT2D eigenvalue weighted by atomic mass is 127. The van der Waals surface area contributed by atoms with E-state index in [1.54, 1.807) is 18.5 Å². The minimum atomic E-state index is 0.00800. The molecular weight excluding hydrogens is 497 g/mol. The number of aryl methyl sites for hydroxylation is 1. The summed E-state index contributed by atoms with van der Waals surface area (Å²) in [4.78, 5) is 20.0. The van der Waals surface area contributed by atoms with Gasteiger partial charge in [-0.25, -0.2) is 15.0 Å². The molecule has 1 atom stereocenters. The minimum Gasteiger partial charge on any atom is -0.358 e. The van der Waals surface area contributed by atoms with Gasteiger partial charge >= 0.3 is 0 Å². The monoisotopic (exact) mass is 515 g/mol. The zero-order valence-corrected chi connectivity index (χ0v) is 18.2. The molecule has 10 nitrogen and oxygen atoms in total. The lowest BCUT2D eigenvalue weighted by molar-refractivity contribution is 0.362. The van der Waals surface area contributed by atoms with Crippen LogP contribution < -0.4 is 10.2 Å². The summed E-state index contributed by atoms with van der Waals surface area (Å²) in [5, 5.41) is 14.5. The van der Waals surface area contributed by atoms with E-state index in [1.807, 2.05) is 25.1 Å². The number of hydrogen-bond acceptors (Lipinski definition) is 9. The fraction of sp³-hybridized carbons (Fsp3) is 0.263. The minimum absolute atomic E-state index is 0.00800. The van der Waals surface area contributed by atoms with E-state index < -0.39 is 0 Å². The van der Waals surface area contributed by atoms with Gasteiger partial charge in [0, 0.05) is 42.8 Å². The number of aromatic amines is 1. The lowest BCUT2D eigenvalue weighted by Crippen LogP contribution is -2.25. The van der Waals surface area contributed by atoms with Crippen LogP contribution in [-0.2, 0) is 0 Å². The molecule has 1 saturated heterocycles. The molecular formula is C19H18IN9O. The van der Waals surface area contributed by atoms with Crippen LogP contribution in [0.2, 0.25) is 0 Å². The summed E-state index contributed by atoms with van der Waals surface area (Å²) in [5.74, 6) is 3.36. The summed E-state index contributed by atoms with van der Waals surface area (Å²) in [5.41, 5.74) is 1.60. The standard InChI is InChI=1S/C19H18IN9O/c1-11-8-17(27-26-11)24-16-10-15(20)23-19(25-16)29-7-2-4-13(29)14-9-12(28-30-14)18-21-5-3-6-22-18/h3,5-6,8-10,13H,2,4,7H2,1H3,(H2,23,24,25,26,27). The fourth-order valence-electron chi connectivity index (χ4n) is 3.50. The van der Waals surface area contributed by atoms with Crippen LogP contribution in [0.5, 0.6) is 0 Å². The lowest BCUT2D eigenvalue weighted by Gasteiger charge is -2.23. The van der Waals surface area contributed by atoms with E-state index in [4.69, 9.17) is 9.51 Å². The van der Waals surface area contributed by atoms with Gasteiger partial charge in [0.25, 0.3) is 0 Å². The summed E-state index contributed by atoms with van der Waals surface area (Å²) in [6, 6.07) is 7.49. The Labute approximate surface area is 185 Å². The first-order chi connectivity index (χ1) is 14.7. The van der Waals surface area contributed by atoms with Crippen molar-refractivity contribution in [3.8, 4) is 11.5 Å². The average Bonchev–Trinajstić information content (AvgIpc) is 3.48. The summed E-state index contributed by atoms with van der Waals surface area (Å²) in [6.45, 7) is 2.79. The van der Waals surface area contributed by atoms with Gasteiger partial charge < -0.3 is 14.7 Å². The molecule has 1 fully saturated rings. The largest absolute Gasteiger partial charge is 0.358 e. The molecule has 152 valence electrons. The molecule has 0 amide bonds. The van der Waals surface area contributed by atoms with Gasteiger partial charge in [-0.15, -0.1) is 0 Å². The van der Waals surface area contributed by atoms with Crippen LogP contribution >= 0.6 is 22.6 Å². The van der Waals surface area contributed by atoms with Crippen LogP contribution in [0.15, 0.2) is 41.2 Å². The molecule has 0 aromatic carbocycles. The van der Waals surface area contributed by atoms with Gasteiger partial charge in [-0.1, -0.05) is 5.16 Å². The van der Waals surface area contributed by atoms with Gasteiger partial charge in [0.1, 0.15) is 9.52 Å². The van der Waals surface area contributed by atoms with Gasteiger partial charge in [0.05, 0.1) is 6.04 Å². The van der Waals surface area contributed by atoms with Crippen molar-refractivity contribution < 1.29 is 4.52 Å². The Morgan fingerprint density at radius 2 is 2.03 bits per heavy atom. The summed E-state index contributed by atoms with van der Waals surface area (Å²) in [7, 11) is 0. The molecule has 5 heterocycles. The quantitative estimate of drug-likeness (QED) is 0.303. The van der Waals surface area contributed by atoms with Crippen LogP contribution in [0.1, 0.15) is 30.3 Å². The van der Waals surface area contributed by atoms with E-state index >= 15 is 0 Å². The van der Waals surface area contributed by atoms with E-state index in [0.29, 0.717) is 29.1 Å². The number of aromatic nitrogens is 7. The van der Waals surface area contributed by atoms with E-state index in [1.165, 1.54) is 0 Å². The highest BCUT2D eigenvalue weighted by Gasteiger charge is 2.32.